The van der Waals surface area contributed by atoms with Gasteiger partial charge in [0.25, 0.3) is 0 Å². The first-order chi connectivity index (χ1) is 9.36. The van der Waals surface area contributed by atoms with Gasteiger partial charge in [-0.3, -0.25) is 0 Å². The Morgan fingerprint density at radius 1 is 0.947 bits per heavy atom. The minimum absolute atomic E-state index is 0.943. The second-order valence-corrected chi connectivity index (χ2v) is 5.04. The number of rotatable bonds is 10. The highest BCUT2D eigenvalue weighted by atomic mass is 16.5. The van der Waals surface area contributed by atoms with Gasteiger partial charge in [-0.05, 0) is 31.6 Å². The molecule has 0 fully saturated rings. The van der Waals surface area contributed by atoms with Crippen LogP contribution in [0.2, 0.25) is 0 Å². The van der Waals surface area contributed by atoms with E-state index >= 15 is 0 Å². The van der Waals surface area contributed by atoms with Gasteiger partial charge < -0.3 is 4.74 Å². The molecular weight excluding hydrogens is 232 g/mol. The van der Waals surface area contributed by atoms with Crippen molar-refractivity contribution < 1.29 is 4.74 Å². The molecule has 0 aromatic heterocycles. The third kappa shape index (κ3) is 7.71. The number of para-hydroxylation sites is 1. The lowest BCUT2D eigenvalue weighted by Crippen LogP contribution is -1.95. The molecule has 0 unspecified atom stereocenters. The van der Waals surface area contributed by atoms with E-state index in [1.807, 2.05) is 30.3 Å². The monoisotopic (exact) mass is 260 g/mol. The lowest BCUT2D eigenvalue weighted by Gasteiger charge is -2.09. The van der Waals surface area contributed by atoms with Crippen molar-refractivity contribution in [1.29, 1.82) is 0 Å². The Morgan fingerprint density at radius 2 is 1.58 bits per heavy atom. The smallest absolute Gasteiger partial charge is 0.126 e. The van der Waals surface area contributed by atoms with Crippen LogP contribution in [0.3, 0.4) is 0 Å². The summed E-state index contributed by atoms with van der Waals surface area (Å²) in [6.07, 6.45) is 12.6. The molecule has 0 aliphatic heterocycles. The first kappa shape index (κ1) is 15.8. The van der Waals surface area contributed by atoms with Gasteiger partial charge in [0.1, 0.15) is 5.75 Å². The topological polar surface area (TPSA) is 9.23 Å². The standard InChI is InChI=1S/C18H28O/c1-3-5-6-7-8-9-11-14-17(4-2)19-18-15-12-10-13-16-18/h4,10,12-13,15-16H,3,5-9,11,14H2,1-2H3. The van der Waals surface area contributed by atoms with Crippen LogP contribution < -0.4 is 4.74 Å². The zero-order valence-corrected chi connectivity index (χ0v) is 12.5. The molecule has 1 heteroatoms. The molecule has 0 saturated carbocycles. The SMILES string of the molecule is CC=C(CCCCCCCCC)Oc1ccccc1. The van der Waals surface area contributed by atoms with E-state index in [0.717, 1.165) is 17.9 Å². The number of allylic oxidation sites excluding steroid dienone is 2. The second-order valence-electron chi connectivity index (χ2n) is 5.04. The Balaban J connectivity index is 2.13. The summed E-state index contributed by atoms with van der Waals surface area (Å²) >= 11 is 0. The molecule has 1 nitrogen and oxygen atoms in total. The van der Waals surface area contributed by atoms with Crippen molar-refractivity contribution in [1.82, 2.24) is 0 Å². The van der Waals surface area contributed by atoms with Crippen LogP contribution >= 0.6 is 0 Å². The molecule has 0 bridgehead atoms. The van der Waals surface area contributed by atoms with Gasteiger partial charge in [-0.1, -0.05) is 63.6 Å². The molecule has 0 aliphatic rings. The quantitative estimate of drug-likeness (QED) is 0.364. The van der Waals surface area contributed by atoms with Crippen molar-refractivity contribution in [3.63, 3.8) is 0 Å². The maximum Gasteiger partial charge on any atom is 0.126 e. The van der Waals surface area contributed by atoms with Crippen LogP contribution in [-0.4, -0.2) is 0 Å². The molecule has 1 rings (SSSR count). The number of benzene rings is 1. The van der Waals surface area contributed by atoms with Crippen LogP contribution in [-0.2, 0) is 0 Å². The van der Waals surface area contributed by atoms with E-state index in [1.54, 1.807) is 0 Å². The van der Waals surface area contributed by atoms with Crippen LogP contribution in [0.1, 0.15) is 65.2 Å². The number of hydrogen-bond donors (Lipinski definition) is 0. The average molecular weight is 260 g/mol. The Morgan fingerprint density at radius 3 is 2.21 bits per heavy atom. The summed E-state index contributed by atoms with van der Waals surface area (Å²) in [6, 6.07) is 10.0. The normalized spacial score (nSPS) is 11.6. The molecule has 1 aromatic rings. The maximum atomic E-state index is 5.87. The summed E-state index contributed by atoms with van der Waals surface area (Å²) in [5.41, 5.74) is 0. The minimum Gasteiger partial charge on any atom is -0.462 e. The highest BCUT2D eigenvalue weighted by Gasteiger charge is 2.00. The number of ether oxygens (including phenoxy) is 1. The third-order valence-electron chi connectivity index (χ3n) is 3.34. The average Bonchev–Trinajstić information content (AvgIpc) is 2.46. The fraction of sp³-hybridized carbons (Fsp3) is 0.556. The van der Waals surface area contributed by atoms with Gasteiger partial charge in [0, 0.05) is 6.42 Å². The molecule has 106 valence electrons. The fourth-order valence-electron chi connectivity index (χ4n) is 2.15. The molecule has 0 radical (unpaired) electrons. The predicted molar refractivity (Wildman–Crippen MR) is 83.4 cm³/mol. The third-order valence-corrected chi connectivity index (χ3v) is 3.34. The molecule has 0 saturated heterocycles. The number of unbranched alkanes of at least 4 members (excludes halogenated alkanes) is 6. The zero-order chi connectivity index (χ0) is 13.8. The fourth-order valence-corrected chi connectivity index (χ4v) is 2.15. The number of hydrogen-bond acceptors (Lipinski definition) is 1. The van der Waals surface area contributed by atoms with Crippen molar-refractivity contribution in [2.75, 3.05) is 0 Å². The summed E-state index contributed by atoms with van der Waals surface area (Å²) in [7, 11) is 0. The Hall–Kier alpha value is -1.24. The molecule has 0 amide bonds. The summed E-state index contributed by atoms with van der Waals surface area (Å²) in [5, 5.41) is 0. The van der Waals surface area contributed by atoms with Crippen LogP contribution in [0.5, 0.6) is 5.75 Å². The van der Waals surface area contributed by atoms with Crippen LogP contribution in [0.4, 0.5) is 0 Å². The highest BCUT2D eigenvalue weighted by Crippen LogP contribution is 2.17. The van der Waals surface area contributed by atoms with E-state index in [9.17, 15) is 0 Å². The van der Waals surface area contributed by atoms with E-state index < -0.39 is 0 Å². The van der Waals surface area contributed by atoms with Gasteiger partial charge in [-0.25, -0.2) is 0 Å². The lowest BCUT2D eigenvalue weighted by atomic mass is 10.1. The largest absolute Gasteiger partial charge is 0.462 e. The molecular formula is C18H28O. The van der Waals surface area contributed by atoms with Gasteiger partial charge in [0.2, 0.25) is 0 Å². The summed E-state index contributed by atoms with van der Waals surface area (Å²) < 4.78 is 5.87. The van der Waals surface area contributed by atoms with Crippen LogP contribution in [0, 0.1) is 0 Å². The lowest BCUT2D eigenvalue weighted by molar-refractivity contribution is 0.394. The Bertz CT molecular complexity index is 340. The van der Waals surface area contributed by atoms with E-state index in [4.69, 9.17) is 4.74 Å². The molecule has 0 spiro atoms. The highest BCUT2D eigenvalue weighted by molar-refractivity contribution is 5.23. The van der Waals surface area contributed by atoms with E-state index in [1.165, 1.54) is 44.9 Å². The van der Waals surface area contributed by atoms with Crippen molar-refractivity contribution in [2.24, 2.45) is 0 Å². The summed E-state index contributed by atoms with van der Waals surface area (Å²) in [4.78, 5) is 0. The van der Waals surface area contributed by atoms with E-state index in [0.29, 0.717) is 0 Å². The van der Waals surface area contributed by atoms with Crippen LogP contribution in [0.25, 0.3) is 0 Å². The van der Waals surface area contributed by atoms with E-state index in [2.05, 4.69) is 19.9 Å². The van der Waals surface area contributed by atoms with Crippen LogP contribution in [0.15, 0.2) is 42.2 Å². The van der Waals surface area contributed by atoms with Crippen molar-refractivity contribution in [2.45, 2.75) is 65.2 Å². The Labute approximate surface area is 118 Å². The Kier molecular flexibility index (Phi) is 8.87. The predicted octanol–water partition coefficient (Wildman–Crippen LogP) is 6.11. The first-order valence-corrected chi connectivity index (χ1v) is 7.75. The first-order valence-electron chi connectivity index (χ1n) is 7.75. The van der Waals surface area contributed by atoms with Gasteiger partial charge >= 0.3 is 0 Å². The van der Waals surface area contributed by atoms with Crippen molar-refractivity contribution in [3.05, 3.63) is 42.2 Å². The summed E-state index contributed by atoms with van der Waals surface area (Å²) in [6.45, 7) is 4.32. The molecule has 0 heterocycles. The van der Waals surface area contributed by atoms with Gasteiger partial charge in [-0.2, -0.15) is 0 Å². The minimum atomic E-state index is 0.943. The molecule has 0 atom stereocenters. The second kappa shape index (κ2) is 10.7. The zero-order valence-electron chi connectivity index (χ0n) is 12.5. The van der Waals surface area contributed by atoms with Gasteiger partial charge in [-0.15, -0.1) is 0 Å². The van der Waals surface area contributed by atoms with E-state index in [-0.39, 0.29) is 0 Å². The maximum absolute atomic E-state index is 5.87. The van der Waals surface area contributed by atoms with Crippen molar-refractivity contribution >= 4 is 0 Å². The molecule has 1 aromatic carbocycles. The van der Waals surface area contributed by atoms with Crippen molar-refractivity contribution in [3.8, 4) is 5.75 Å². The molecule has 0 aliphatic carbocycles. The van der Waals surface area contributed by atoms with Gasteiger partial charge in [0.05, 0.1) is 5.76 Å². The van der Waals surface area contributed by atoms with Gasteiger partial charge in [0.15, 0.2) is 0 Å². The summed E-state index contributed by atoms with van der Waals surface area (Å²) in [5.74, 6) is 2.04. The molecule has 0 N–H and O–H groups in total. The molecule has 19 heavy (non-hydrogen) atoms.